The van der Waals surface area contributed by atoms with E-state index in [1.807, 2.05) is 24.3 Å². The molecule has 4 rings (SSSR count). The van der Waals surface area contributed by atoms with Crippen LogP contribution >= 0.6 is 11.6 Å². The van der Waals surface area contributed by atoms with E-state index in [4.69, 9.17) is 11.6 Å². The molecule has 6 nitrogen and oxygen atoms in total. The van der Waals surface area contributed by atoms with Crippen molar-refractivity contribution in [1.29, 1.82) is 0 Å². The van der Waals surface area contributed by atoms with Gasteiger partial charge in [-0.25, -0.2) is 13.1 Å². The molecular weight excluding hydrogens is 410 g/mol. The summed E-state index contributed by atoms with van der Waals surface area (Å²) in [5.41, 5.74) is 1.59. The molecule has 0 bridgehead atoms. The Morgan fingerprint density at radius 2 is 1.59 bits per heavy atom. The first kappa shape index (κ1) is 20.2. The molecule has 0 spiro atoms. The third-order valence-electron chi connectivity index (χ3n) is 5.34. The molecule has 0 atom stereocenters. The van der Waals surface area contributed by atoms with E-state index in [0.29, 0.717) is 42.6 Å². The Balaban J connectivity index is 1.40. The summed E-state index contributed by atoms with van der Waals surface area (Å²) in [5, 5.41) is 3.55. The Morgan fingerprint density at radius 3 is 2.24 bits per heavy atom. The number of para-hydroxylation sites is 1. The van der Waals surface area contributed by atoms with Crippen LogP contribution in [0.1, 0.15) is 36.0 Å². The van der Waals surface area contributed by atoms with Crippen molar-refractivity contribution in [2.75, 3.05) is 18.0 Å². The van der Waals surface area contributed by atoms with Crippen molar-refractivity contribution < 1.29 is 13.2 Å². The van der Waals surface area contributed by atoms with Crippen LogP contribution in [0.15, 0.2) is 53.4 Å². The first-order valence-corrected chi connectivity index (χ1v) is 11.7. The molecule has 2 N–H and O–H groups in total. The third-order valence-corrected chi connectivity index (χ3v) is 7.13. The highest BCUT2D eigenvalue weighted by atomic mass is 35.5. The molecule has 2 aromatic rings. The maximum Gasteiger partial charge on any atom is 0.253 e. The first-order valence-electron chi connectivity index (χ1n) is 9.85. The number of hydrogen-bond acceptors (Lipinski definition) is 4. The minimum absolute atomic E-state index is 0.0336. The predicted molar refractivity (Wildman–Crippen MR) is 114 cm³/mol. The van der Waals surface area contributed by atoms with Gasteiger partial charge in [-0.2, -0.15) is 0 Å². The van der Waals surface area contributed by atoms with Crippen molar-refractivity contribution >= 4 is 33.2 Å². The van der Waals surface area contributed by atoms with Crippen LogP contribution in [-0.2, 0) is 10.0 Å². The lowest BCUT2D eigenvalue weighted by atomic mass is 10.0. The number of hydrogen-bond donors (Lipinski definition) is 2. The largest absolute Gasteiger partial charge is 0.371 e. The molecule has 0 unspecified atom stereocenters. The van der Waals surface area contributed by atoms with Gasteiger partial charge in [0.2, 0.25) is 10.0 Å². The summed E-state index contributed by atoms with van der Waals surface area (Å²) in [6, 6.07) is 13.9. The van der Waals surface area contributed by atoms with Crippen molar-refractivity contribution in [3.63, 3.8) is 0 Å². The Kier molecular flexibility index (Phi) is 5.81. The number of nitrogens with one attached hydrogen (secondary N) is 2. The molecule has 1 heterocycles. The summed E-state index contributed by atoms with van der Waals surface area (Å²) in [6.07, 6.45) is 3.44. The molecule has 154 valence electrons. The van der Waals surface area contributed by atoms with Crippen molar-refractivity contribution in [2.24, 2.45) is 0 Å². The van der Waals surface area contributed by atoms with Gasteiger partial charge in [-0.1, -0.05) is 23.7 Å². The first-order chi connectivity index (χ1) is 13.9. The minimum atomic E-state index is -3.58. The molecule has 1 saturated heterocycles. The zero-order valence-electron chi connectivity index (χ0n) is 16.0. The van der Waals surface area contributed by atoms with E-state index in [1.54, 1.807) is 12.1 Å². The van der Waals surface area contributed by atoms with Crippen LogP contribution in [0, 0.1) is 0 Å². The van der Waals surface area contributed by atoms with E-state index >= 15 is 0 Å². The number of nitrogens with zero attached hydrogens (tertiary/aromatic N) is 1. The van der Waals surface area contributed by atoms with Gasteiger partial charge < -0.3 is 10.2 Å². The van der Waals surface area contributed by atoms with E-state index in [1.165, 1.54) is 12.1 Å². The Bertz CT molecular complexity index is 982. The zero-order chi connectivity index (χ0) is 20.4. The lowest BCUT2D eigenvalue weighted by molar-refractivity contribution is 0.0951. The van der Waals surface area contributed by atoms with Gasteiger partial charge in [-0.3, -0.25) is 4.79 Å². The smallest absolute Gasteiger partial charge is 0.253 e. The molecule has 1 amide bonds. The Hall–Kier alpha value is -2.09. The number of amides is 1. The van der Waals surface area contributed by atoms with E-state index < -0.39 is 10.0 Å². The molecule has 0 aromatic heterocycles. The SMILES string of the molecule is O=C(NC1CC1)c1ccccc1N1CCC(NS(=O)(=O)c2ccc(Cl)cc2)CC1. The molecule has 1 aliphatic heterocycles. The maximum atomic E-state index is 12.6. The highest BCUT2D eigenvalue weighted by molar-refractivity contribution is 7.89. The number of benzene rings is 2. The monoisotopic (exact) mass is 433 g/mol. The summed E-state index contributed by atoms with van der Waals surface area (Å²) in [4.78, 5) is 14.9. The minimum Gasteiger partial charge on any atom is -0.371 e. The summed E-state index contributed by atoms with van der Waals surface area (Å²) < 4.78 is 28.0. The average molecular weight is 434 g/mol. The number of sulfonamides is 1. The number of piperidine rings is 1. The van der Waals surface area contributed by atoms with Gasteiger partial charge in [-0.15, -0.1) is 0 Å². The van der Waals surface area contributed by atoms with Crippen LogP contribution < -0.4 is 14.9 Å². The second-order valence-electron chi connectivity index (χ2n) is 7.60. The summed E-state index contributed by atoms with van der Waals surface area (Å²) in [5.74, 6) is -0.0336. The number of carbonyl (C=O) groups is 1. The molecular formula is C21H24ClN3O3S. The van der Waals surface area contributed by atoms with Crippen molar-refractivity contribution in [3.05, 3.63) is 59.1 Å². The number of anilines is 1. The van der Waals surface area contributed by atoms with Gasteiger partial charge in [0.05, 0.1) is 10.5 Å². The molecule has 2 fully saturated rings. The van der Waals surface area contributed by atoms with Crippen LogP contribution in [0.3, 0.4) is 0 Å². The van der Waals surface area contributed by atoms with Gasteiger partial charge in [0.25, 0.3) is 5.91 Å². The van der Waals surface area contributed by atoms with Crippen LogP contribution in [-0.4, -0.2) is 39.5 Å². The summed E-state index contributed by atoms with van der Waals surface area (Å²) in [6.45, 7) is 1.36. The summed E-state index contributed by atoms with van der Waals surface area (Å²) >= 11 is 5.84. The highest BCUT2D eigenvalue weighted by Gasteiger charge is 2.28. The maximum absolute atomic E-state index is 12.6. The van der Waals surface area contributed by atoms with Crippen molar-refractivity contribution in [1.82, 2.24) is 10.0 Å². The molecule has 29 heavy (non-hydrogen) atoms. The van der Waals surface area contributed by atoms with E-state index in [2.05, 4.69) is 14.9 Å². The zero-order valence-corrected chi connectivity index (χ0v) is 17.5. The van der Waals surface area contributed by atoms with Gasteiger partial charge in [0.1, 0.15) is 0 Å². The number of halogens is 1. The van der Waals surface area contributed by atoms with Gasteiger partial charge in [0.15, 0.2) is 0 Å². The fraction of sp³-hybridized carbons (Fsp3) is 0.381. The molecule has 0 radical (unpaired) electrons. The van der Waals surface area contributed by atoms with Gasteiger partial charge in [0, 0.05) is 35.9 Å². The lowest BCUT2D eigenvalue weighted by Crippen LogP contribution is -2.45. The molecule has 8 heteroatoms. The van der Waals surface area contributed by atoms with E-state index in [9.17, 15) is 13.2 Å². The highest BCUT2D eigenvalue weighted by Crippen LogP contribution is 2.26. The second-order valence-corrected chi connectivity index (χ2v) is 9.75. The van der Waals surface area contributed by atoms with Crippen LogP contribution in [0.4, 0.5) is 5.69 Å². The fourth-order valence-electron chi connectivity index (χ4n) is 3.57. The fourth-order valence-corrected chi connectivity index (χ4v) is 5.00. The van der Waals surface area contributed by atoms with Crippen LogP contribution in [0.5, 0.6) is 0 Å². The number of rotatable bonds is 6. The van der Waals surface area contributed by atoms with Crippen LogP contribution in [0.25, 0.3) is 0 Å². The van der Waals surface area contributed by atoms with Crippen molar-refractivity contribution in [2.45, 2.75) is 42.7 Å². The van der Waals surface area contributed by atoms with Crippen molar-refractivity contribution in [3.8, 4) is 0 Å². The average Bonchev–Trinajstić information content (AvgIpc) is 3.53. The van der Waals surface area contributed by atoms with Gasteiger partial charge in [-0.05, 0) is 62.1 Å². The quantitative estimate of drug-likeness (QED) is 0.733. The molecule has 1 saturated carbocycles. The third kappa shape index (κ3) is 4.91. The number of carbonyl (C=O) groups excluding carboxylic acids is 1. The topological polar surface area (TPSA) is 78.5 Å². The summed E-state index contributed by atoms with van der Waals surface area (Å²) in [7, 11) is -3.58. The van der Waals surface area contributed by atoms with E-state index in [0.717, 1.165) is 18.5 Å². The molecule has 2 aromatic carbocycles. The van der Waals surface area contributed by atoms with Crippen LogP contribution in [0.2, 0.25) is 5.02 Å². The Morgan fingerprint density at radius 1 is 0.931 bits per heavy atom. The predicted octanol–water partition coefficient (Wildman–Crippen LogP) is 3.18. The molecule has 1 aliphatic carbocycles. The Labute approximate surface area is 176 Å². The standard InChI is InChI=1S/C21H24ClN3O3S/c22-15-5-9-18(10-6-15)29(27,28)24-17-11-13-25(14-12-17)20-4-2-1-3-19(20)21(26)23-16-7-8-16/h1-6,9-10,16-17,24H,7-8,11-14H2,(H,23,26). The van der Waals surface area contributed by atoms with E-state index in [-0.39, 0.29) is 16.8 Å². The van der Waals surface area contributed by atoms with Gasteiger partial charge >= 0.3 is 0 Å². The lowest BCUT2D eigenvalue weighted by Gasteiger charge is -2.34. The normalized spacial score (nSPS) is 17.9. The second kappa shape index (κ2) is 8.34. The molecule has 2 aliphatic rings.